The minimum absolute atomic E-state index is 0.189. The predicted molar refractivity (Wildman–Crippen MR) is 73.3 cm³/mol. The van der Waals surface area contributed by atoms with E-state index >= 15 is 0 Å². The van der Waals surface area contributed by atoms with Crippen LogP contribution in [0.25, 0.3) is 0 Å². The molecule has 18 heavy (non-hydrogen) atoms. The van der Waals surface area contributed by atoms with Crippen molar-refractivity contribution in [3.63, 3.8) is 0 Å². The van der Waals surface area contributed by atoms with Crippen LogP contribution in [0.4, 0.5) is 0 Å². The molecule has 2 fully saturated rings. The lowest BCUT2D eigenvalue weighted by atomic mass is 9.75. The number of likely N-dealkylation sites (N-methyl/N-ethyl adjacent to an activating group) is 2. The van der Waals surface area contributed by atoms with Crippen molar-refractivity contribution in [2.75, 3.05) is 26.7 Å². The number of likely N-dealkylation sites (tertiary alicyclic amines) is 1. The zero-order valence-electron chi connectivity index (χ0n) is 11.8. The van der Waals surface area contributed by atoms with Gasteiger partial charge in [0.25, 0.3) is 0 Å². The molecule has 0 aromatic rings. The lowest BCUT2D eigenvalue weighted by Crippen LogP contribution is -2.51. The summed E-state index contributed by atoms with van der Waals surface area (Å²) < 4.78 is 0. The van der Waals surface area contributed by atoms with Crippen LogP contribution < -0.4 is 5.73 Å². The monoisotopic (exact) mass is 253 g/mol. The van der Waals surface area contributed by atoms with E-state index in [1.54, 1.807) is 0 Å². The fourth-order valence-corrected chi connectivity index (χ4v) is 3.18. The highest BCUT2D eigenvalue weighted by molar-refractivity contribution is 5.77. The molecule has 104 valence electrons. The molecule has 0 bridgehead atoms. The first-order valence-electron chi connectivity index (χ1n) is 7.31. The van der Waals surface area contributed by atoms with E-state index in [2.05, 4.69) is 11.8 Å². The van der Waals surface area contributed by atoms with Crippen molar-refractivity contribution in [2.24, 2.45) is 5.73 Å². The Labute approximate surface area is 110 Å². The van der Waals surface area contributed by atoms with Gasteiger partial charge in [0, 0.05) is 31.6 Å². The zero-order valence-corrected chi connectivity index (χ0v) is 11.8. The molecular weight excluding hydrogens is 226 g/mol. The summed E-state index contributed by atoms with van der Waals surface area (Å²) in [6.07, 6.45) is 6.22. The molecule has 1 saturated heterocycles. The molecule has 2 rings (SSSR count). The van der Waals surface area contributed by atoms with Crippen molar-refractivity contribution < 1.29 is 4.79 Å². The van der Waals surface area contributed by atoms with Crippen LogP contribution in [0.3, 0.4) is 0 Å². The number of rotatable bonds is 5. The normalized spacial score (nSPS) is 26.9. The average molecular weight is 253 g/mol. The van der Waals surface area contributed by atoms with Gasteiger partial charge in [-0.2, -0.15) is 0 Å². The molecule has 0 aromatic heterocycles. The highest BCUT2D eigenvalue weighted by Gasteiger charge is 2.36. The van der Waals surface area contributed by atoms with E-state index in [9.17, 15) is 4.79 Å². The summed E-state index contributed by atoms with van der Waals surface area (Å²) in [5, 5.41) is 0. The first-order valence-corrected chi connectivity index (χ1v) is 7.31. The summed E-state index contributed by atoms with van der Waals surface area (Å²) in [4.78, 5) is 16.5. The number of nitrogens with two attached hydrogens (primary N) is 1. The van der Waals surface area contributed by atoms with Gasteiger partial charge >= 0.3 is 0 Å². The average Bonchev–Trinajstić information content (AvgIpc) is 2.74. The Morgan fingerprint density at radius 3 is 2.72 bits per heavy atom. The molecule has 1 amide bonds. The van der Waals surface area contributed by atoms with Gasteiger partial charge in [-0.1, -0.05) is 6.92 Å². The Kier molecular flexibility index (Phi) is 4.28. The van der Waals surface area contributed by atoms with Crippen LogP contribution in [0.5, 0.6) is 0 Å². The van der Waals surface area contributed by atoms with E-state index in [0.29, 0.717) is 12.5 Å². The SMILES string of the molecule is CCN1CCCC1CN(C)C(=O)CC1(N)CCC1. The van der Waals surface area contributed by atoms with E-state index in [1.807, 2.05) is 11.9 Å². The molecule has 0 aromatic carbocycles. The smallest absolute Gasteiger partial charge is 0.224 e. The summed E-state index contributed by atoms with van der Waals surface area (Å²) in [5.74, 6) is 0.222. The molecule has 2 aliphatic rings. The van der Waals surface area contributed by atoms with E-state index < -0.39 is 0 Å². The molecule has 4 heteroatoms. The number of hydrogen-bond acceptors (Lipinski definition) is 3. The van der Waals surface area contributed by atoms with Crippen LogP contribution in [0.2, 0.25) is 0 Å². The maximum atomic E-state index is 12.2. The number of hydrogen-bond donors (Lipinski definition) is 1. The minimum atomic E-state index is -0.189. The van der Waals surface area contributed by atoms with Crippen molar-refractivity contribution in [3.8, 4) is 0 Å². The molecule has 1 unspecified atom stereocenters. The van der Waals surface area contributed by atoms with Crippen LogP contribution in [0, 0.1) is 0 Å². The predicted octanol–water partition coefficient (Wildman–Crippen LogP) is 1.20. The molecule has 0 spiro atoms. The second-order valence-electron chi connectivity index (χ2n) is 6.09. The van der Waals surface area contributed by atoms with Gasteiger partial charge in [-0.25, -0.2) is 0 Å². The van der Waals surface area contributed by atoms with Gasteiger partial charge in [-0.3, -0.25) is 9.69 Å². The van der Waals surface area contributed by atoms with Crippen LogP contribution in [0.15, 0.2) is 0 Å². The summed E-state index contributed by atoms with van der Waals surface area (Å²) >= 11 is 0. The second kappa shape index (κ2) is 5.57. The van der Waals surface area contributed by atoms with Crippen LogP contribution in [0.1, 0.15) is 45.4 Å². The van der Waals surface area contributed by atoms with Crippen molar-refractivity contribution >= 4 is 5.91 Å². The van der Waals surface area contributed by atoms with Gasteiger partial charge in [-0.15, -0.1) is 0 Å². The fraction of sp³-hybridized carbons (Fsp3) is 0.929. The van der Waals surface area contributed by atoms with Crippen LogP contribution >= 0.6 is 0 Å². The van der Waals surface area contributed by atoms with E-state index in [4.69, 9.17) is 5.73 Å². The van der Waals surface area contributed by atoms with E-state index in [1.165, 1.54) is 25.8 Å². The molecule has 0 radical (unpaired) electrons. The first kappa shape index (κ1) is 13.8. The van der Waals surface area contributed by atoms with E-state index in [0.717, 1.165) is 25.9 Å². The Balaban J connectivity index is 1.79. The van der Waals surface area contributed by atoms with Gasteiger partial charge in [0.05, 0.1) is 0 Å². The molecule has 1 saturated carbocycles. The number of nitrogens with zero attached hydrogens (tertiary/aromatic N) is 2. The highest BCUT2D eigenvalue weighted by atomic mass is 16.2. The summed E-state index contributed by atoms with van der Waals surface area (Å²) in [7, 11) is 1.93. The summed E-state index contributed by atoms with van der Waals surface area (Å²) in [6.45, 7) is 5.34. The zero-order chi connectivity index (χ0) is 13.2. The van der Waals surface area contributed by atoms with Crippen molar-refractivity contribution in [1.29, 1.82) is 0 Å². The Hall–Kier alpha value is -0.610. The molecule has 1 aliphatic carbocycles. The third kappa shape index (κ3) is 3.04. The van der Waals surface area contributed by atoms with Crippen molar-refractivity contribution in [2.45, 2.75) is 57.0 Å². The van der Waals surface area contributed by atoms with Crippen LogP contribution in [-0.2, 0) is 4.79 Å². The molecule has 4 nitrogen and oxygen atoms in total. The molecule has 1 atom stereocenters. The lowest BCUT2D eigenvalue weighted by Gasteiger charge is -2.39. The number of amides is 1. The van der Waals surface area contributed by atoms with Gasteiger partial charge in [-0.05, 0) is 45.2 Å². The van der Waals surface area contributed by atoms with Gasteiger partial charge in [0.15, 0.2) is 0 Å². The molecular formula is C14H27N3O. The molecule has 1 heterocycles. The summed E-state index contributed by atoms with van der Waals surface area (Å²) in [5.41, 5.74) is 5.96. The standard InChI is InChI=1S/C14H27N3O/c1-3-17-9-4-6-12(17)11-16(2)13(18)10-14(15)7-5-8-14/h12H,3-11,15H2,1-2H3. The highest BCUT2D eigenvalue weighted by Crippen LogP contribution is 2.32. The molecule has 2 N–H and O–H groups in total. The second-order valence-corrected chi connectivity index (χ2v) is 6.09. The Morgan fingerprint density at radius 1 is 1.44 bits per heavy atom. The largest absolute Gasteiger partial charge is 0.344 e. The van der Waals surface area contributed by atoms with Crippen molar-refractivity contribution in [3.05, 3.63) is 0 Å². The number of carbonyl (C=O) groups is 1. The third-order valence-corrected chi connectivity index (χ3v) is 4.67. The number of carbonyl (C=O) groups excluding carboxylic acids is 1. The maximum absolute atomic E-state index is 12.2. The lowest BCUT2D eigenvalue weighted by molar-refractivity contribution is -0.132. The van der Waals surface area contributed by atoms with Crippen LogP contribution in [-0.4, -0.2) is 54.0 Å². The van der Waals surface area contributed by atoms with Gasteiger partial charge in [0.2, 0.25) is 5.91 Å². The summed E-state index contributed by atoms with van der Waals surface area (Å²) in [6, 6.07) is 0.555. The first-order chi connectivity index (χ1) is 8.54. The third-order valence-electron chi connectivity index (χ3n) is 4.67. The fourth-order valence-electron chi connectivity index (χ4n) is 3.18. The van der Waals surface area contributed by atoms with E-state index in [-0.39, 0.29) is 11.4 Å². The maximum Gasteiger partial charge on any atom is 0.224 e. The molecule has 1 aliphatic heterocycles. The quantitative estimate of drug-likeness (QED) is 0.801. The van der Waals surface area contributed by atoms with Crippen molar-refractivity contribution in [1.82, 2.24) is 9.80 Å². The minimum Gasteiger partial charge on any atom is -0.344 e. The van der Waals surface area contributed by atoms with Gasteiger partial charge < -0.3 is 10.6 Å². The van der Waals surface area contributed by atoms with Gasteiger partial charge in [0.1, 0.15) is 0 Å². The topological polar surface area (TPSA) is 49.6 Å². The Bertz CT molecular complexity index is 301. The Morgan fingerprint density at radius 2 is 2.17 bits per heavy atom.